The van der Waals surface area contributed by atoms with Crippen LogP contribution in [0.3, 0.4) is 0 Å². The van der Waals surface area contributed by atoms with Gasteiger partial charge in [-0.3, -0.25) is 19.6 Å². The van der Waals surface area contributed by atoms with E-state index in [1.54, 1.807) is 12.1 Å². The number of nitrogens with one attached hydrogen (secondary N) is 2. The number of fused-ring (bicyclic) bond motifs is 2. The third kappa shape index (κ3) is 1.76. The quantitative estimate of drug-likeness (QED) is 0.519. The van der Waals surface area contributed by atoms with Crippen LogP contribution in [0.15, 0.2) is 37.0 Å². The molecular formula is C12H9N3O4. The van der Waals surface area contributed by atoms with Gasteiger partial charge in [-0.2, -0.15) is 0 Å². The molecule has 0 aromatic carbocycles. The fraction of sp³-hybridized carbons (Fsp3) is 0.0833. The first-order chi connectivity index (χ1) is 9.08. The molecule has 0 fully saturated rings. The van der Waals surface area contributed by atoms with Crippen molar-refractivity contribution in [3.8, 4) is 11.3 Å². The Labute approximate surface area is 105 Å². The van der Waals surface area contributed by atoms with Crippen LogP contribution in [0.25, 0.3) is 22.4 Å². The Morgan fingerprint density at radius 3 is 2.63 bits per heavy atom. The van der Waals surface area contributed by atoms with Gasteiger partial charge in [-0.15, -0.1) is 0 Å². The fourth-order valence-corrected chi connectivity index (χ4v) is 1.94. The Morgan fingerprint density at radius 1 is 1.11 bits per heavy atom. The van der Waals surface area contributed by atoms with Crippen LogP contribution in [0.2, 0.25) is 0 Å². The Balaban J connectivity index is 2.50. The number of hydrogen-bond acceptors (Lipinski definition) is 5. The van der Waals surface area contributed by atoms with Gasteiger partial charge in [0.05, 0.1) is 0 Å². The van der Waals surface area contributed by atoms with Crippen LogP contribution in [0.4, 0.5) is 0 Å². The molecule has 0 saturated heterocycles. The predicted octanol–water partition coefficient (Wildman–Crippen LogP) is -0.267. The molecular weight excluding hydrogens is 250 g/mol. The molecule has 1 aliphatic carbocycles. The maximum absolute atomic E-state index is 11.7. The molecule has 0 unspecified atom stereocenters. The Bertz CT molecular complexity index is 919. The normalized spacial score (nSPS) is 11.2. The lowest BCUT2D eigenvalue weighted by Gasteiger charge is -2.07. The van der Waals surface area contributed by atoms with Crippen molar-refractivity contribution < 1.29 is 4.42 Å². The summed E-state index contributed by atoms with van der Waals surface area (Å²) in [7, 11) is 0. The number of H-pyrrole nitrogens is 2. The molecule has 0 spiro atoms. The summed E-state index contributed by atoms with van der Waals surface area (Å²) in [5.41, 5.74) is 5.03. The summed E-state index contributed by atoms with van der Waals surface area (Å²) in [6, 6.07) is 4.41. The number of nitrogens with two attached hydrogens (primary N) is 1. The van der Waals surface area contributed by atoms with Gasteiger partial charge in [-0.1, -0.05) is 0 Å². The highest BCUT2D eigenvalue weighted by Gasteiger charge is 2.13. The van der Waals surface area contributed by atoms with Gasteiger partial charge in [0.15, 0.2) is 5.43 Å². The van der Waals surface area contributed by atoms with Crippen LogP contribution >= 0.6 is 0 Å². The molecule has 0 saturated carbocycles. The van der Waals surface area contributed by atoms with E-state index in [9.17, 15) is 14.4 Å². The van der Waals surface area contributed by atoms with Crippen molar-refractivity contribution in [3.05, 3.63) is 54.8 Å². The maximum atomic E-state index is 11.7. The number of aromatic nitrogens is 2. The van der Waals surface area contributed by atoms with E-state index in [-0.39, 0.29) is 28.8 Å². The molecule has 7 nitrogen and oxygen atoms in total. The zero-order valence-corrected chi connectivity index (χ0v) is 9.65. The van der Waals surface area contributed by atoms with Gasteiger partial charge in [-0.05, 0) is 12.1 Å². The van der Waals surface area contributed by atoms with Gasteiger partial charge in [-0.25, -0.2) is 4.79 Å². The van der Waals surface area contributed by atoms with E-state index in [0.717, 1.165) is 0 Å². The minimum Gasteiger partial charge on any atom is -0.439 e. The van der Waals surface area contributed by atoms with Crippen molar-refractivity contribution >= 4 is 11.1 Å². The van der Waals surface area contributed by atoms with E-state index in [4.69, 9.17) is 10.2 Å². The van der Waals surface area contributed by atoms with E-state index in [2.05, 4.69) is 9.97 Å². The Hall–Kier alpha value is -2.67. The first-order valence-corrected chi connectivity index (χ1v) is 5.51. The summed E-state index contributed by atoms with van der Waals surface area (Å²) in [5.74, 6) is 0.288. The number of hydrogen-bond donors (Lipinski definition) is 3. The van der Waals surface area contributed by atoms with E-state index in [1.807, 2.05) is 0 Å². The third-order valence-electron chi connectivity index (χ3n) is 2.87. The average molecular weight is 259 g/mol. The van der Waals surface area contributed by atoms with E-state index < -0.39 is 11.2 Å². The second-order valence-corrected chi connectivity index (χ2v) is 4.10. The minimum absolute atomic E-state index is 0.0288. The lowest BCUT2D eigenvalue weighted by molar-refractivity contribution is 0.601. The zero-order valence-electron chi connectivity index (χ0n) is 9.65. The van der Waals surface area contributed by atoms with Crippen molar-refractivity contribution in [2.45, 2.75) is 6.54 Å². The molecule has 1 aromatic heterocycles. The van der Waals surface area contributed by atoms with Gasteiger partial charge in [0.1, 0.15) is 11.1 Å². The standard InChI is InChI=1S/C12H9N3O4/c13-4-6-1-5-2-7-10(17)14-12(18)15-11(7)19-9(5)3-8(6)16/h1-3H,4,13H2,(H2,14,15,17,18). The third-order valence-corrected chi connectivity index (χ3v) is 2.87. The topological polar surface area (TPSA) is 122 Å². The second-order valence-electron chi connectivity index (χ2n) is 4.10. The monoisotopic (exact) mass is 259 g/mol. The summed E-state index contributed by atoms with van der Waals surface area (Å²) >= 11 is 0. The number of aromatic amines is 2. The molecule has 0 amide bonds. The highest BCUT2D eigenvalue weighted by atomic mass is 16.3. The SMILES string of the molecule is NCc1cc2cc3c(=O)[nH]c(=O)[nH]c3oc-2cc1=O. The van der Waals surface area contributed by atoms with Crippen molar-refractivity contribution in [1.82, 2.24) is 9.97 Å². The van der Waals surface area contributed by atoms with Crippen LogP contribution in [-0.4, -0.2) is 9.97 Å². The summed E-state index contributed by atoms with van der Waals surface area (Å²) in [4.78, 5) is 38.9. The van der Waals surface area contributed by atoms with Crippen LogP contribution < -0.4 is 22.4 Å². The first-order valence-electron chi connectivity index (χ1n) is 5.51. The summed E-state index contributed by atoms with van der Waals surface area (Å²) in [6.07, 6.45) is 0. The Morgan fingerprint density at radius 2 is 1.89 bits per heavy atom. The Kier molecular flexibility index (Phi) is 2.36. The van der Waals surface area contributed by atoms with Gasteiger partial charge in [0.2, 0.25) is 5.71 Å². The van der Waals surface area contributed by atoms with Crippen molar-refractivity contribution in [3.63, 3.8) is 0 Å². The first kappa shape index (κ1) is 11.4. The predicted molar refractivity (Wildman–Crippen MR) is 68.2 cm³/mol. The van der Waals surface area contributed by atoms with E-state index in [1.165, 1.54) is 6.07 Å². The molecule has 0 bridgehead atoms. The summed E-state index contributed by atoms with van der Waals surface area (Å²) < 4.78 is 5.37. The average Bonchev–Trinajstić information content (AvgIpc) is 2.36. The molecule has 1 aromatic rings. The van der Waals surface area contributed by atoms with E-state index in [0.29, 0.717) is 11.1 Å². The van der Waals surface area contributed by atoms with Gasteiger partial charge in [0.25, 0.3) is 5.56 Å². The van der Waals surface area contributed by atoms with Crippen molar-refractivity contribution in [1.29, 1.82) is 0 Å². The van der Waals surface area contributed by atoms with Crippen LogP contribution in [0, 0.1) is 0 Å². The highest BCUT2D eigenvalue weighted by Crippen LogP contribution is 2.24. The van der Waals surface area contributed by atoms with Crippen LogP contribution in [0.5, 0.6) is 0 Å². The molecule has 96 valence electrons. The largest absolute Gasteiger partial charge is 0.439 e. The molecule has 7 heteroatoms. The smallest absolute Gasteiger partial charge is 0.328 e. The van der Waals surface area contributed by atoms with Gasteiger partial charge in [0, 0.05) is 23.7 Å². The summed E-state index contributed by atoms with van der Waals surface area (Å²) in [6.45, 7) is 0.106. The fourth-order valence-electron chi connectivity index (χ4n) is 1.94. The lowest BCUT2D eigenvalue weighted by Crippen LogP contribution is -2.22. The number of benzene rings is 1. The maximum Gasteiger partial charge on any atom is 0.328 e. The zero-order chi connectivity index (χ0) is 13.6. The summed E-state index contributed by atoms with van der Waals surface area (Å²) in [5, 5.41) is 0.203. The lowest BCUT2D eigenvalue weighted by atomic mass is 10.1. The second kappa shape index (κ2) is 3.92. The van der Waals surface area contributed by atoms with E-state index >= 15 is 0 Å². The molecule has 0 radical (unpaired) electrons. The van der Waals surface area contributed by atoms with Gasteiger partial charge < -0.3 is 10.2 Å². The molecule has 2 heterocycles. The molecule has 1 aliphatic heterocycles. The highest BCUT2D eigenvalue weighted by molar-refractivity contribution is 5.79. The van der Waals surface area contributed by atoms with Gasteiger partial charge >= 0.3 is 5.69 Å². The van der Waals surface area contributed by atoms with Crippen LogP contribution in [0.1, 0.15) is 5.56 Å². The molecule has 2 aliphatic rings. The molecule has 3 rings (SSSR count). The molecule has 19 heavy (non-hydrogen) atoms. The van der Waals surface area contributed by atoms with Crippen molar-refractivity contribution in [2.24, 2.45) is 5.73 Å². The molecule has 4 N–H and O–H groups in total. The van der Waals surface area contributed by atoms with Crippen LogP contribution in [-0.2, 0) is 6.54 Å². The van der Waals surface area contributed by atoms with Crippen molar-refractivity contribution in [2.75, 3.05) is 0 Å². The minimum atomic E-state index is -0.665. The molecule has 0 atom stereocenters. The number of rotatable bonds is 1.